The van der Waals surface area contributed by atoms with E-state index in [2.05, 4.69) is 250 Å². The van der Waals surface area contributed by atoms with Crippen molar-refractivity contribution in [3.8, 4) is 11.4 Å². The van der Waals surface area contributed by atoms with E-state index in [-0.39, 0.29) is 13.4 Å². The van der Waals surface area contributed by atoms with E-state index in [1.54, 1.807) is 0 Å². The Morgan fingerprint density at radius 2 is 0.514 bits per heavy atom. The molecule has 0 bridgehead atoms. The van der Waals surface area contributed by atoms with Crippen LogP contribution in [0.5, 0.6) is 0 Å². The molecule has 0 N–H and O–H groups in total. The second kappa shape index (κ2) is 17.3. The van der Waals surface area contributed by atoms with Crippen LogP contribution in [-0.2, 0) is 0 Å². The van der Waals surface area contributed by atoms with Crippen LogP contribution in [-0.4, -0.2) is 22.6 Å². The molecule has 0 spiro atoms. The summed E-state index contributed by atoms with van der Waals surface area (Å²) in [5.74, 6) is 0. The minimum Gasteiger partial charge on any atom is -0.309 e. The van der Waals surface area contributed by atoms with Crippen LogP contribution >= 0.6 is 0 Å². The molecule has 11 aromatic rings. The molecule has 11 rings (SSSR count). The molecule has 0 radical (unpaired) electrons. The van der Waals surface area contributed by atoms with E-state index in [0.29, 0.717) is 0 Å². The van der Waals surface area contributed by atoms with Gasteiger partial charge in [0.05, 0.1) is 22.1 Å². The van der Waals surface area contributed by atoms with Crippen LogP contribution < -0.4 is 32.8 Å². The first-order chi connectivity index (χ1) is 33.7. The third-order valence-corrected chi connectivity index (χ3v) is 15.5. The second-order valence-corrected chi connectivity index (χ2v) is 20.9. The van der Waals surface area contributed by atoms with Crippen LogP contribution in [0, 0.1) is 83.1 Å². The van der Waals surface area contributed by atoms with Crippen LogP contribution in [0.2, 0.25) is 0 Å². The Labute approximate surface area is 415 Å². The highest BCUT2D eigenvalue weighted by Gasteiger charge is 2.31. The van der Waals surface area contributed by atoms with Gasteiger partial charge < -0.3 is 9.13 Å². The Kier molecular flexibility index (Phi) is 11.2. The summed E-state index contributed by atoms with van der Waals surface area (Å²) in [6.45, 7) is 27.4. The number of hydrogen-bond donors (Lipinski definition) is 0. The number of hydrogen-bond acceptors (Lipinski definition) is 0. The molecular formula is C66H62B2N2. The van der Waals surface area contributed by atoms with Crippen molar-refractivity contribution >= 4 is 89.8 Å². The van der Waals surface area contributed by atoms with Gasteiger partial charge in [0.1, 0.15) is 0 Å². The van der Waals surface area contributed by atoms with Gasteiger partial charge in [0.2, 0.25) is 13.4 Å². The second-order valence-electron chi connectivity index (χ2n) is 20.9. The first-order valence-corrected chi connectivity index (χ1v) is 25.1. The van der Waals surface area contributed by atoms with Gasteiger partial charge in [-0.1, -0.05) is 209 Å². The Hall–Kier alpha value is -7.29. The fraction of sp³-hybridized carbons (Fsp3) is 0.182. The lowest BCUT2D eigenvalue weighted by Gasteiger charge is -2.25. The zero-order valence-electron chi connectivity index (χ0n) is 43.1. The van der Waals surface area contributed by atoms with E-state index in [1.807, 2.05) is 0 Å². The van der Waals surface area contributed by atoms with E-state index < -0.39 is 0 Å². The van der Waals surface area contributed by atoms with E-state index in [1.165, 1.54) is 143 Å². The van der Waals surface area contributed by atoms with Gasteiger partial charge in [-0.05, 0) is 132 Å². The van der Waals surface area contributed by atoms with Gasteiger partial charge in [-0.15, -0.1) is 0 Å². The molecule has 2 aromatic heterocycles. The molecule has 0 unspecified atom stereocenters. The normalized spacial score (nSPS) is 11.7. The molecule has 342 valence electrons. The first kappa shape index (κ1) is 45.2. The maximum Gasteiger partial charge on any atom is 0.242 e. The lowest BCUT2D eigenvalue weighted by atomic mass is 9.34. The number of benzene rings is 9. The summed E-state index contributed by atoms with van der Waals surface area (Å²) < 4.78 is 4.92. The van der Waals surface area contributed by atoms with Crippen molar-refractivity contribution in [3.63, 3.8) is 0 Å². The average Bonchev–Trinajstić information content (AvgIpc) is 3.81. The molecular weight excluding hydrogens is 842 g/mol. The molecule has 2 nitrogen and oxygen atoms in total. The fourth-order valence-corrected chi connectivity index (χ4v) is 13.2. The van der Waals surface area contributed by atoms with Gasteiger partial charge >= 0.3 is 0 Å². The van der Waals surface area contributed by atoms with Crippen LogP contribution in [0.3, 0.4) is 0 Å². The Balaban J connectivity index is 1.05. The third kappa shape index (κ3) is 7.43. The zero-order valence-corrected chi connectivity index (χ0v) is 43.1. The fourth-order valence-electron chi connectivity index (χ4n) is 13.2. The van der Waals surface area contributed by atoms with Crippen LogP contribution in [0.15, 0.2) is 158 Å². The van der Waals surface area contributed by atoms with Gasteiger partial charge in [-0.3, -0.25) is 0 Å². The number of rotatable bonds is 8. The van der Waals surface area contributed by atoms with Gasteiger partial charge in [0.15, 0.2) is 0 Å². The topological polar surface area (TPSA) is 9.86 Å². The molecule has 0 fully saturated rings. The summed E-state index contributed by atoms with van der Waals surface area (Å²) >= 11 is 0. The summed E-state index contributed by atoms with van der Waals surface area (Å²) in [4.78, 5) is 0. The summed E-state index contributed by atoms with van der Waals surface area (Å²) in [6.07, 6.45) is 0. The molecule has 0 saturated carbocycles. The summed E-state index contributed by atoms with van der Waals surface area (Å²) in [6, 6.07) is 60.5. The molecule has 4 heteroatoms. The molecule has 0 amide bonds. The molecule has 0 aliphatic carbocycles. The Morgan fingerprint density at radius 3 is 0.800 bits per heavy atom. The molecule has 0 atom stereocenters. The molecule has 9 aromatic carbocycles. The number of nitrogens with zero attached hydrogens (tertiary/aromatic N) is 2. The number of para-hydroxylation sites is 2. The largest absolute Gasteiger partial charge is 0.309 e. The van der Waals surface area contributed by atoms with Crippen molar-refractivity contribution in [2.75, 3.05) is 0 Å². The quantitative estimate of drug-likeness (QED) is 0.135. The smallest absolute Gasteiger partial charge is 0.242 e. The Bertz CT molecular complexity index is 3450. The van der Waals surface area contributed by atoms with Crippen molar-refractivity contribution in [2.45, 2.75) is 83.1 Å². The summed E-state index contributed by atoms with van der Waals surface area (Å²) in [5, 5.41) is 5.08. The van der Waals surface area contributed by atoms with Crippen LogP contribution in [0.1, 0.15) is 66.8 Å². The highest BCUT2D eigenvalue weighted by molar-refractivity contribution is 6.97. The molecule has 70 heavy (non-hydrogen) atoms. The van der Waals surface area contributed by atoms with Gasteiger partial charge in [-0.2, -0.15) is 0 Å². The van der Waals surface area contributed by atoms with Crippen LogP contribution in [0.25, 0.3) is 55.0 Å². The van der Waals surface area contributed by atoms with Crippen molar-refractivity contribution in [3.05, 3.63) is 224 Å². The zero-order chi connectivity index (χ0) is 48.9. The van der Waals surface area contributed by atoms with Crippen LogP contribution in [0.4, 0.5) is 0 Å². The van der Waals surface area contributed by atoms with E-state index in [0.717, 1.165) is 11.4 Å². The molecule has 0 saturated heterocycles. The maximum absolute atomic E-state index is 2.49. The van der Waals surface area contributed by atoms with Gasteiger partial charge in [-0.25, -0.2) is 0 Å². The molecule has 0 aliphatic rings. The first-order valence-electron chi connectivity index (χ1n) is 25.1. The summed E-state index contributed by atoms with van der Waals surface area (Å²) in [7, 11) is 0. The standard InChI is InChI=1S/C66H62B2N2/c1-39-29-43(5)63(44(6)30-39)67(64-45(7)31-40(2)32-46(64)8)51-21-27-61-57(37-51)55-17-13-15-19-59(55)69(61)53-23-25-54(26-24-53)70-60-20-16-14-18-56(60)58-38-52(22-28-62(58)70)68(65-47(9)33-41(3)34-48(65)10)66-49(11)35-42(4)36-50(66)12/h13-38H,1-12H3. The molecule has 0 aliphatic heterocycles. The highest BCUT2D eigenvalue weighted by atomic mass is 15.0. The van der Waals surface area contributed by atoms with E-state index in [9.17, 15) is 0 Å². The monoisotopic (exact) mass is 905 g/mol. The minimum absolute atomic E-state index is 0.104. The third-order valence-electron chi connectivity index (χ3n) is 15.5. The number of aromatic nitrogens is 2. The van der Waals surface area contributed by atoms with Gasteiger partial charge in [0, 0.05) is 32.9 Å². The van der Waals surface area contributed by atoms with Gasteiger partial charge in [0.25, 0.3) is 0 Å². The lowest BCUT2D eigenvalue weighted by Crippen LogP contribution is -2.55. The van der Waals surface area contributed by atoms with Crippen molar-refractivity contribution < 1.29 is 0 Å². The van der Waals surface area contributed by atoms with Crippen molar-refractivity contribution in [1.82, 2.24) is 9.13 Å². The summed E-state index contributed by atoms with van der Waals surface area (Å²) in [5.41, 5.74) is 31.4. The maximum atomic E-state index is 2.49. The van der Waals surface area contributed by atoms with Crippen molar-refractivity contribution in [2.24, 2.45) is 0 Å². The predicted octanol–water partition coefficient (Wildman–Crippen LogP) is 12.6. The molecule has 2 heterocycles. The Morgan fingerprint density at radius 1 is 0.257 bits per heavy atom. The van der Waals surface area contributed by atoms with E-state index >= 15 is 0 Å². The predicted molar refractivity (Wildman–Crippen MR) is 307 cm³/mol. The number of aryl methyl sites for hydroxylation is 12. The highest BCUT2D eigenvalue weighted by Crippen LogP contribution is 2.35. The average molecular weight is 905 g/mol. The van der Waals surface area contributed by atoms with E-state index in [4.69, 9.17) is 0 Å². The number of fused-ring (bicyclic) bond motifs is 6. The SMILES string of the molecule is Cc1cc(C)c(B(c2ccc3c(c2)c2ccccc2n3-c2ccc(-n3c4ccccc4c4cc(B(c5c(C)cc(C)cc5C)c5c(C)cc(C)cc5C)ccc43)cc2)c2c(C)cc(C)cc2C)c(C)c1. The minimum atomic E-state index is 0.104. The van der Waals surface area contributed by atoms with Crippen molar-refractivity contribution in [1.29, 1.82) is 0 Å². The lowest BCUT2D eigenvalue weighted by molar-refractivity contribution is 1.14.